The van der Waals surface area contributed by atoms with Gasteiger partial charge < -0.3 is 4.90 Å². The fourth-order valence-electron chi connectivity index (χ4n) is 2.99. The zero-order valence-electron chi connectivity index (χ0n) is 12.8. The second-order valence-electron chi connectivity index (χ2n) is 5.90. The van der Waals surface area contributed by atoms with Gasteiger partial charge in [0, 0.05) is 13.1 Å². The Kier molecular flexibility index (Phi) is 3.97. The number of halogens is 1. The van der Waals surface area contributed by atoms with Crippen LogP contribution in [0.3, 0.4) is 0 Å². The van der Waals surface area contributed by atoms with E-state index in [1.54, 1.807) is 6.07 Å². The third kappa shape index (κ3) is 2.76. The molecule has 0 atom stereocenters. The Morgan fingerprint density at radius 3 is 2.45 bits per heavy atom. The van der Waals surface area contributed by atoms with E-state index in [1.807, 2.05) is 48.2 Å². The van der Waals surface area contributed by atoms with Crippen LogP contribution in [0.1, 0.15) is 30.9 Å². The van der Waals surface area contributed by atoms with Crippen molar-refractivity contribution in [1.82, 2.24) is 4.90 Å². The van der Waals surface area contributed by atoms with Crippen LogP contribution in [0.15, 0.2) is 54.6 Å². The first-order valence-corrected chi connectivity index (χ1v) is 7.75. The van der Waals surface area contributed by atoms with E-state index in [0.29, 0.717) is 13.1 Å². The van der Waals surface area contributed by atoms with Gasteiger partial charge in [-0.2, -0.15) is 0 Å². The molecule has 0 N–H and O–H groups in total. The van der Waals surface area contributed by atoms with Gasteiger partial charge in [0.25, 0.3) is 0 Å². The third-order valence-electron chi connectivity index (χ3n) is 4.42. The molecule has 2 aromatic carbocycles. The lowest BCUT2D eigenvalue weighted by Crippen LogP contribution is -2.38. The van der Waals surface area contributed by atoms with Crippen LogP contribution in [0.4, 0.5) is 4.39 Å². The van der Waals surface area contributed by atoms with E-state index >= 15 is 0 Å². The highest BCUT2D eigenvalue weighted by Gasteiger charge is 2.52. The molecule has 0 bridgehead atoms. The van der Waals surface area contributed by atoms with Crippen LogP contribution >= 0.6 is 0 Å². The number of likely N-dealkylation sites (N-methyl/N-ethyl adjacent to an activating group) is 1. The average molecular weight is 297 g/mol. The number of carbonyl (C=O) groups is 1. The van der Waals surface area contributed by atoms with E-state index in [4.69, 9.17) is 0 Å². The van der Waals surface area contributed by atoms with Gasteiger partial charge in [-0.3, -0.25) is 4.79 Å². The number of benzene rings is 2. The Labute approximate surface area is 130 Å². The van der Waals surface area contributed by atoms with Gasteiger partial charge in [0.1, 0.15) is 5.82 Å². The van der Waals surface area contributed by atoms with Crippen molar-refractivity contribution in [3.63, 3.8) is 0 Å². The van der Waals surface area contributed by atoms with Crippen LogP contribution in [0, 0.1) is 5.82 Å². The van der Waals surface area contributed by atoms with Crippen molar-refractivity contribution < 1.29 is 9.18 Å². The van der Waals surface area contributed by atoms with E-state index in [0.717, 1.165) is 24.0 Å². The number of amides is 1. The molecule has 0 radical (unpaired) electrons. The molecule has 22 heavy (non-hydrogen) atoms. The third-order valence-corrected chi connectivity index (χ3v) is 4.42. The fourth-order valence-corrected chi connectivity index (χ4v) is 2.99. The van der Waals surface area contributed by atoms with Crippen molar-refractivity contribution in [2.45, 2.75) is 31.7 Å². The second-order valence-corrected chi connectivity index (χ2v) is 5.90. The Balaban J connectivity index is 1.80. The SMILES string of the molecule is CCN(Cc1cccc(F)c1)C(=O)C1(c2ccccc2)CC1. The zero-order valence-corrected chi connectivity index (χ0v) is 12.8. The molecule has 0 spiro atoms. The van der Waals surface area contributed by atoms with Crippen molar-refractivity contribution in [2.75, 3.05) is 6.54 Å². The molecule has 0 saturated heterocycles. The van der Waals surface area contributed by atoms with Crippen molar-refractivity contribution in [2.24, 2.45) is 0 Å². The summed E-state index contributed by atoms with van der Waals surface area (Å²) >= 11 is 0. The minimum atomic E-state index is -0.357. The Bertz CT molecular complexity index is 664. The van der Waals surface area contributed by atoms with Gasteiger partial charge in [-0.15, -0.1) is 0 Å². The smallest absolute Gasteiger partial charge is 0.233 e. The lowest BCUT2D eigenvalue weighted by Gasteiger charge is -2.26. The van der Waals surface area contributed by atoms with Gasteiger partial charge >= 0.3 is 0 Å². The summed E-state index contributed by atoms with van der Waals surface area (Å²) in [4.78, 5) is 14.8. The van der Waals surface area contributed by atoms with Crippen molar-refractivity contribution >= 4 is 5.91 Å². The van der Waals surface area contributed by atoms with Gasteiger partial charge in [0.05, 0.1) is 5.41 Å². The summed E-state index contributed by atoms with van der Waals surface area (Å²) in [5, 5.41) is 0. The molecule has 114 valence electrons. The first-order valence-electron chi connectivity index (χ1n) is 7.75. The van der Waals surface area contributed by atoms with Gasteiger partial charge in [-0.05, 0) is 43.0 Å². The van der Waals surface area contributed by atoms with Gasteiger partial charge in [-0.1, -0.05) is 42.5 Å². The molecule has 3 heteroatoms. The summed E-state index contributed by atoms with van der Waals surface area (Å²) < 4.78 is 13.3. The Hall–Kier alpha value is -2.16. The molecule has 1 aliphatic rings. The van der Waals surface area contributed by atoms with E-state index in [-0.39, 0.29) is 17.1 Å². The number of nitrogens with zero attached hydrogens (tertiary/aromatic N) is 1. The predicted molar refractivity (Wildman–Crippen MR) is 84.8 cm³/mol. The summed E-state index contributed by atoms with van der Waals surface area (Å²) in [6, 6.07) is 16.5. The maximum Gasteiger partial charge on any atom is 0.233 e. The Morgan fingerprint density at radius 2 is 1.86 bits per heavy atom. The molecule has 0 unspecified atom stereocenters. The van der Waals surface area contributed by atoms with E-state index in [1.165, 1.54) is 12.1 Å². The number of hydrogen-bond acceptors (Lipinski definition) is 1. The van der Waals surface area contributed by atoms with Crippen molar-refractivity contribution in [3.8, 4) is 0 Å². The first-order chi connectivity index (χ1) is 10.7. The monoisotopic (exact) mass is 297 g/mol. The number of carbonyl (C=O) groups excluding carboxylic acids is 1. The molecule has 0 aromatic heterocycles. The number of hydrogen-bond donors (Lipinski definition) is 0. The molecule has 3 rings (SSSR count). The quantitative estimate of drug-likeness (QED) is 0.819. The van der Waals surface area contributed by atoms with Crippen LogP contribution in [0.2, 0.25) is 0 Å². The lowest BCUT2D eigenvalue weighted by molar-refractivity contribution is -0.134. The molecule has 1 fully saturated rings. The minimum Gasteiger partial charge on any atom is -0.338 e. The van der Waals surface area contributed by atoms with E-state index in [2.05, 4.69) is 0 Å². The van der Waals surface area contributed by atoms with Crippen LogP contribution < -0.4 is 0 Å². The van der Waals surface area contributed by atoms with Gasteiger partial charge in [0.15, 0.2) is 0 Å². The highest BCUT2D eigenvalue weighted by atomic mass is 19.1. The number of rotatable bonds is 5. The van der Waals surface area contributed by atoms with Crippen LogP contribution in [-0.2, 0) is 16.8 Å². The molecule has 1 saturated carbocycles. The summed E-state index contributed by atoms with van der Waals surface area (Å²) in [5.74, 6) is -0.101. The Morgan fingerprint density at radius 1 is 1.14 bits per heavy atom. The summed E-state index contributed by atoms with van der Waals surface area (Å²) in [7, 11) is 0. The highest BCUT2D eigenvalue weighted by molar-refractivity contribution is 5.91. The molecular formula is C19H20FNO. The standard InChI is InChI=1S/C19H20FNO/c1-2-21(14-15-7-6-10-17(20)13-15)18(22)19(11-12-19)16-8-4-3-5-9-16/h3-10,13H,2,11-12,14H2,1H3. The first kappa shape index (κ1) is 14.8. The van der Waals surface area contributed by atoms with Gasteiger partial charge in [0.2, 0.25) is 5.91 Å². The second kappa shape index (κ2) is 5.91. The van der Waals surface area contributed by atoms with Crippen LogP contribution in [-0.4, -0.2) is 17.4 Å². The van der Waals surface area contributed by atoms with E-state index < -0.39 is 0 Å². The van der Waals surface area contributed by atoms with Gasteiger partial charge in [-0.25, -0.2) is 4.39 Å². The molecule has 0 aliphatic heterocycles. The summed E-state index contributed by atoms with van der Waals surface area (Å²) in [6.45, 7) is 3.06. The van der Waals surface area contributed by atoms with Crippen molar-refractivity contribution in [3.05, 3.63) is 71.5 Å². The predicted octanol–water partition coefficient (Wildman–Crippen LogP) is 3.91. The van der Waals surface area contributed by atoms with Crippen LogP contribution in [0.5, 0.6) is 0 Å². The maximum absolute atomic E-state index is 13.3. The topological polar surface area (TPSA) is 20.3 Å². The normalized spacial score (nSPS) is 15.4. The average Bonchev–Trinajstić information content (AvgIpc) is 3.35. The van der Waals surface area contributed by atoms with E-state index in [9.17, 15) is 9.18 Å². The zero-order chi connectivity index (χ0) is 15.6. The molecule has 2 nitrogen and oxygen atoms in total. The summed E-state index contributed by atoms with van der Waals surface area (Å²) in [5.41, 5.74) is 1.57. The van der Waals surface area contributed by atoms with Crippen LogP contribution in [0.25, 0.3) is 0 Å². The molecular weight excluding hydrogens is 277 g/mol. The van der Waals surface area contributed by atoms with Crippen molar-refractivity contribution in [1.29, 1.82) is 0 Å². The highest BCUT2D eigenvalue weighted by Crippen LogP contribution is 2.49. The molecule has 0 heterocycles. The molecule has 1 aliphatic carbocycles. The fraction of sp³-hybridized carbons (Fsp3) is 0.316. The molecule has 1 amide bonds. The largest absolute Gasteiger partial charge is 0.338 e. The lowest BCUT2D eigenvalue weighted by atomic mass is 9.94. The molecule has 2 aromatic rings. The minimum absolute atomic E-state index is 0.158. The maximum atomic E-state index is 13.3. The summed E-state index contributed by atoms with van der Waals surface area (Å²) in [6.07, 6.45) is 1.80.